The predicted molar refractivity (Wildman–Crippen MR) is 134 cm³/mol. The average Bonchev–Trinajstić information content (AvgIpc) is 2.75. The largest absolute Gasteiger partial charge is 0.100 e. The molecule has 2 rings (SSSR count). The number of hydrogen-bond acceptors (Lipinski definition) is 0. The zero-order valence-electron chi connectivity index (χ0n) is 21.3. The first kappa shape index (κ1) is 28.0. The summed E-state index contributed by atoms with van der Waals surface area (Å²) in [6.45, 7) is 24.3. The second kappa shape index (κ2) is 15.8. The van der Waals surface area contributed by atoms with Crippen LogP contribution in [-0.4, -0.2) is 0 Å². The highest BCUT2D eigenvalue weighted by molar-refractivity contribution is 5.14. The lowest BCUT2D eigenvalue weighted by atomic mass is 9.61. The molecule has 6 atom stereocenters. The molecule has 1 fully saturated rings. The van der Waals surface area contributed by atoms with Crippen LogP contribution < -0.4 is 0 Å². The molecule has 0 nitrogen and oxygen atoms in total. The van der Waals surface area contributed by atoms with E-state index < -0.39 is 0 Å². The van der Waals surface area contributed by atoms with Gasteiger partial charge >= 0.3 is 0 Å². The van der Waals surface area contributed by atoms with Crippen molar-refractivity contribution in [3.8, 4) is 0 Å². The molecule has 1 aromatic rings. The van der Waals surface area contributed by atoms with E-state index in [1.807, 2.05) is 27.7 Å². The van der Waals surface area contributed by atoms with E-state index in [0.717, 1.165) is 35.5 Å². The van der Waals surface area contributed by atoms with Gasteiger partial charge in [0.05, 0.1) is 0 Å². The minimum absolute atomic E-state index is 0.795. The molecule has 1 aliphatic rings. The molecule has 0 aromatic heterocycles. The molecular formula is C29H52. The van der Waals surface area contributed by atoms with Crippen LogP contribution in [0.15, 0.2) is 42.5 Å². The van der Waals surface area contributed by atoms with Gasteiger partial charge in [-0.15, -0.1) is 6.58 Å². The van der Waals surface area contributed by atoms with Crippen molar-refractivity contribution in [3.63, 3.8) is 0 Å². The fourth-order valence-electron chi connectivity index (χ4n) is 5.24. The van der Waals surface area contributed by atoms with Crippen molar-refractivity contribution in [2.45, 2.75) is 101 Å². The van der Waals surface area contributed by atoms with Crippen LogP contribution in [0.5, 0.6) is 0 Å². The summed E-state index contributed by atoms with van der Waals surface area (Å²) in [5.41, 5.74) is 2.84. The molecule has 0 amide bonds. The number of hydrogen-bond donors (Lipinski definition) is 0. The van der Waals surface area contributed by atoms with Crippen LogP contribution in [0, 0.1) is 35.5 Å². The van der Waals surface area contributed by atoms with Crippen molar-refractivity contribution in [1.29, 1.82) is 0 Å². The van der Waals surface area contributed by atoms with E-state index in [2.05, 4.69) is 71.5 Å². The van der Waals surface area contributed by atoms with Crippen molar-refractivity contribution in [2.75, 3.05) is 0 Å². The van der Waals surface area contributed by atoms with Crippen molar-refractivity contribution in [3.05, 3.63) is 48.0 Å². The zero-order valence-corrected chi connectivity index (χ0v) is 21.3. The highest BCUT2D eigenvalue weighted by Crippen LogP contribution is 2.46. The van der Waals surface area contributed by atoms with Crippen molar-refractivity contribution in [2.24, 2.45) is 35.5 Å². The van der Waals surface area contributed by atoms with Gasteiger partial charge in [-0.3, -0.25) is 0 Å². The molecule has 29 heavy (non-hydrogen) atoms. The molecule has 0 aliphatic heterocycles. The van der Waals surface area contributed by atoms with E-state index in [1.165, 1.54) is 49.7 Å². The molecule has 0 bridgehead atoms. The topological polar surface area (TPSA) is 0 Å². The summed E-state index contributed by atoms with van der Waals surface area (Å²) < 4.78 is 0. The maximum atomic E-state index is 4.22. The van der Waals surface area contributed by atoms with Gasteiger partial charge in [-0.1, -0.05) is 97.7 Å². The Hall–Kier alpha value is -1.04. The molecule has 6 unspecified atom stereocenters. The first-order valence-electron chi connectivity index (χ1n) is 12.6. The van der Waals surface area contributed by atoms with Gasteiger partial charge in [0.15, 0.2) is 0 Å². The van der Waals surface area contributed by atoms with E-state index in [4.69, 9.17) is 0 Å². The standard InChI is InChI=1S/C25H40.2C2H6/c1-7-24-17-25(21(6)19(4)20(24)5)16-23(15-18(2)3)14-13-22-11-9-8-10-12-22;2*1-2/h8-12,19-21,23-25H,2,7,13-17H2,1,3-6H3;2*1-2H3. The summed E-state index contributed by atoms with van der Waals surface area (Å²) in [7, 11) is 0. The molecule has 0 saturated heterocycles. The summed E-state index contributed by atoms with van der Waals surface area (Å²) in [4.78, 5) is 0. The lowest BCUT2D eigenvalue weighted by Crippen LogP contribution is -2.37. The van der Waals surface area contributed by atoms with E-state index in [9.17, 15) is 0 Å². The van der Waals surface area contributed by atoms with Crippen LogP contribution >= 0.6 is 0 Å². The summed E-state index contributed by atoms with van der Waals surface area (Å²) >= 11 is 0. The van der Waals surface area contributed by atoms with Gasteiger partial charge in [0, 0.05) is 0 Å². The fourth-order valence-corrected chi connectivity index (χ4v) is 5.24. The quantitative estimate of drug-likeness (QED) is 0.381. The normalized spacial score (nSPS) is 27.0. The van der Waals surface area contributed by atoms with Crippen molar-refractivity contribution >= 4 is 0 Å². The third kappa shape index (κ3) is 9.54. The van der Waals surface area contributed by atoms with Crippen LogP contribution in [0.25, 0.3) is 0 Å². The van der Waals surface area contributed by atoms with Gasteiger partial charge in [-0.25, -0.2) is 0 Å². The van der Waals surface area contributed by atoms with Crippen LogP contribution in [-0.2, 0) is 6.42 Å². The van der Waals surface area contributed by atoms with E-state index in [0.29, 0.717) is 0 Å². The van der Waals surface area contributed by atoms with Gasteiger partial charge in [-0.05, 0) is 80.1 Å². The maximum absolute atomic E-state index is 4.22. The predicted octanol–water partition coefficient (Wildman–Crippen LogP) is 9.60. The summed E-state index contributed by atoms with van der Waals surface area (Å²) in [5, 5.41) is 0. The van der Waals surface area contributed by atoms with Gasteiger partial charge in [0.1, 0.15) is 0 Å². The second-order valence-electron chi connectivity index (χ2n) is 9.03. The van der Waals surface area contributed by atoms with Gasteiger partial charge in [0.25, 0.3) is 0 Å². The molecule has 0 heterocycles. The Bertz CT molecular complexity index is 512. The first-order valence-corrected chi connectivity index (χ1v) is 12.6. The molecule has 0 N–H and O–H groups in total. The molecular weight excluding hydrogens is 348 g/mol. The molecule has 1 aromatic carbocycles. The third-order valence-corrected chi connectivity index (χ3v) is 7.23. The SMILES string of the molecule is C=C(C)CC(CCc1ccccc1)CC1CC(CC)C(C)C(C)C1C.CC.CC. The molecule has 1 aliphatic carbocycles. The molecule has 0 radical (unpaired) electrons. The minimum atomic E-state index is 0.795. The van der Waals surface area contributed by atoms with Crippen LogP contribution in [0.1, 0.15) is 100.0 Å². The number of benzene rings is 1. The number of aryl methyl sites for hydroxylation is 1. The Morgan fingerprint density at radius 2 is 1.48 bits per heavy atom. The van der Waals surface area contributed by atoms with Crippen LogP contribution in [0.3, 0.4) is 0 Å². The Kier molecular flexibility index (Phi) is 15.2. The Labute approximate surface area is 184 Å². The summed E-state index contributed by atoms with van der Waals surface area (Å²) in [5.74, 6) is 5.24. The Balaban J connectivity index is 0.00000184. The maximum Gasteiger partial charge on any atom is -0.0276 e. The highest BCUT2D eigenvalue weighted by atomic mass is 14.4. The van der Waals surface area contributed by atoms with E-state index in [-0.39, 0.29) is 0 Å². The van der Waals surface area contributed by atoms with E-state index >= 15 is 0 Å². The smallest absolute Gasteiger partial charge is 0.0276 e. The average molecular weight is 401 g/mol. The number of allylic oxidation sites excluding steroid dienone is 1. The van der Waals surface area contributed by atoms with Gasteiger partial charge in [-0.2, -0.15) is 0 Å². The minimum Gasteiger partial charge on any atom is -0.100 e. The third-order valence-electron chi connectivity index (χ3n) is 7.23. The second-order valence-corrected chi connectivity index (χ2v) is 9.03. The van der Waals surface area contributed by atoms with Crippen molar-refractivity contribution < 1.29 is 0 Å². The summed E-state index contributed by atoms with van der Waals surface area (Å²) in [6.07, 6.45) is 7.92. The fraction of sp³-hybridized carbons (Fsp3) is 0.724. The lowest BCUT2D eigenvalue weighted by molar-refractivity contribution is 0.0503. The highest BCUT2D eigenvalue weighted by Gasteiger charge is 2.37. The lowest BCUT2D eigenvalue weighted by Gasteiger charge is -2.45. The molecule has 0 spiro atoms. The monoisotopic (exact) mass is 400 g/mol. The van der Waals surface area contributed by atoms with Gasteiger partial charge in [0.2, 0.25) is 0 Å². The van der Waals surface area contributed by atoms with Crippen LogP contribution in [0.2, 0.25) is 0 Å². The zero-order chi connectivity index (χ0) is 22.4. The van der Waals surface area contributed by atoms with E-state index in [1.54, 1.807) is 0 Å². The first-order chi connectivity index (χ1) is 13.9. The molecule has 0 heteroatoms. The molecule has 1 saturated carbocycles. The van der Waals surface area contributed by atoms with Crippen molar-refractivity contribution in [1.82, 2.24) is 0 Å². The Morgan fingerprint density at radius 3 is 2.00 bits per heavy atom. The van der Waals surface area contributed by atoms with Gasteiger partial charge < -0.3 is 0 Å². The molecule has 168 valence electrons. The Morgan fingerprint density at radius 1 is 0.931 bits per heavy atom. The van der Waals surface area contributed by atoms with Crippen LogP contribution in [0.4, 0.5) is 0 Å². The number of rotatable bonds is 8. The summed E-state index contributed by atoms with van der Waals surface area (Å²) in [6, 6.07) is 11.0.